The Morgan fingerprint density at radius 2 is 1.90 bits per heavy atom. The zero-order valence-electron chi connectivity index (χ0n) is 12.7. The Labute approximate surface area is 130 Å². The molecule has 0 spiro atoms. The molecule has 21 heavy (non-hydrogen) atoms. The van der Waals surface area contributed by atoms with Gasteiger partial charge in [-0.3, -0.25) is 0 Å². The summed E-state index contributed by atoms with van der Waals surface area (Å²) in [5.41, 5.74) is 0.424. The van der Waals surface area contributed by atoms with Gasteiger partial charge in [0.2, 0.25) is 0 Å². The molecule has 0 aromatic heterocycles. The molecular formula is C16H21ClFNO2. The maximum absolute atomic E-state index is 13.4. The van der Waals surface area contributed by atoms with Crippen LogP contribution in [0.1, 0.15) is 45.1 Å². The van der Waals surface area contributed by atoms with E-state index in [1.807, 2.05) is 20.8 Å². The van der Waals surface area contributed by atoms with Gasteiger partial charge in [-0.1, -0.05) is 11.6 Å². The first-order valence-corrected chi connectivity index (χ1v) is 7.56. The van der Waals surface area contributed by atoms with Crippen molar-refractivity contribution in [3.05, 3.63) is 34.6 Å². The molecule has 0 atom stereocenters. The van der Waals surface area contributed by atoms with Gasteiger partial charge in [0.1, 0.15) is 11.4 Å². The van der Waals surface area contributed by atoms with E-state index in [1.165, 1.54) is 12.1 Å². The summed E-state index contributed by atoms with van der Waals surface area (Å²) >= 11 is 5.90. The van der Waals surface area contributed by atoms with Crippen molar-refractivity contribution in [1.29, 1.82) is 0 Å². The molecule has 0 radical (unpaired) electrons. The molecule has 1 fully saturated rings. The Morgan fingerprint density at radius 1 is 1.29 bits per heavy atom. The second kappa shape index (κ2) is 6.22. The van der Waals surface area contributed by atoms with Gasteiger partial charge >= 0.3 is 6.09 Å². The number of carbonyl (C=O) groups is 1. The molecule has 1 aromatic rings. The van der Waals surface area contributed by atoms with Gasteiger partial charge in [0, 0.05) is 18.1 Å². The summed E-state index contributed by atoms with van der Waals surface area (Å²) < 4.78 is 18.8. The van der Waals surface area contributed by atoms with Gasteiger partial charge in [-0.05, 0) is 63.3 Å². The van der Waals surface area contributed by atoms with Crippen LogP contribution in [0.4, 0.5) is 9.18 Å². The highest BCUT2D eigenvalue weighted by molar-refractivity contribution is 6.30. The van der Waals surface area contributed by atoms with E-state index in [2.05, 4.69) is 0 Å². The lowest BCUT2D eigenvalue weighted by atomic mass is 9.89. The molecule has 5 heteroatoms. The fourth-order valence-electron chi connectivity index (χ4n) is 2.53. The second-order valence-electron chi connectivity index (χ2n) is 6.44. The molecule has 1 heterocycles. The number of amides is 1. The topological polar surface area (TPSA) is 29.5 Å². The second-order valence-corrected chi connectivity index (χ2v) is 6.88. The first-order valence-electron chi connectivity index (χ1n) is 7.18. The van der Waals surface area contributed by atoms with Gasteiger partial charge in [0.25, 0.3) is 0 Å². The predicted molar refractivity (Wildman–Crippen MR) is 81.2 cm³/mol. The Hall–Kier alpha value is -1.29. The summed E-state index contributed by atoms with van der Waals surface area (Å²) in [6, 6.07) is 4.64. The van der Waals surface area contributed by atoms with Crippen LogP contribution >= 0.6 is 11.6 Å². The maximum atomic E-state index is 13.4. The van der Waals surface area contributed by atoms with Crippen LogP contribution in [0.3, 0.4) is 0 Å². The number of carbonyl (C=O) groups excluding carboxylic acids is 1. The first-order chi connectivity index (χ1) is 9.74. The Balaban J connectivity index is 1.95. The quantitative estimate of drug-likeness (QED) is 0.758. The average molecular weight is 314 g/mol. The zero-order chi connectivity index (χ0) is 15.6. The molecule has 116 valence electrons. The molecular weight excluding hydrogens is 293 g/mol. The summed E-state index contributed by atoms with van der Waals surface area (Å²) in [5, 5.41) is 0.416. The molecule has 1 saturated heterocycles. The number of benzene rings is 1. The Morgan fingerprint density at radius 3 is 2.43 bits per heavy atom. The first kappa shape index (κ1) is 16.1. The highest BCUT2D eigenvalue weighted by atomic mass is 35.5. The van der Waals surface area contributed by atoms with E-state index in [4.69, 9.17) is 16.3 Å². The van der Waals surface area contributed by atoms with E-state index in [-0.39, 0.29) is 17.8 Å². The van der Waals surface area contributed by atoms with Crippen LogP contribution in [0.15, 0.2) is 18.2 Å². The van der Waals surface area contributed by atoms with Crippen molar-refractivity contribution < 1.29 is 13.9 Å². The minimum Gasteiger partial charge on any atom is -0.444 e. The summed E-state index contributed by atoms with van der Waals surface area (Å²) in [4.78, 5) is 13.7. The molecule has 0 saturated carbocycles. The van der Waals surface area contributed by atoms with Crippen LogP contribution in [0, 0.1) is 5.82 Å². The van der Waals surface area contributed by atoms with E-state index < -0.39 is 5.60 Å². The van der Waals surface area contributed by atoms with Gasteiger partial charge in [-0.25, -0.2) is 9.18 Å². The average Bonchev–Trinajstić information content (AvgIpc) is 2.35. The van der Waals surface area contributed by atoms with E-state index in [9.17, 15) is 9.18 Å². The highest BCUT2D eigenvalue weighted by Crippen LogP contribution is 2.30. The maximum Gasteiger partial charge on any atom is 0.410 e. The van der Waals surface area contributed by atoms with Gasteiger partial charge in [-0.15, -0.1) is 0 Å². The lowest BCUT2D eigenvalue weighted by Crippen LogP contribution is -2.41. The molecule has 1 amide bonds. The number of likely N-dealkylation sites (tertiary alicyclic amines) is 1. The lowest BCUT2D eigenvalue weighted by molar-refractivity contribution is 0.0205. The smallest absolute Gasteiger partial charge is 0.410 e. The summed E-state index contributed by atoms with van der Waals surface area (Å²) in [6.45, 7) is 6.80. The molecule has 0 bridgehead atoms. The van der Waals surface area contributed by atoms with Gasteiger partial charge < -0.3 is 9.64 Å². The molecule has 2 rings (SSSR count). The van der Waals surface area contributed by atoms with E-state index in [1.54, 1.807) is 11.0 Å². The number of hydrogen-bond donors (Lipinski definition) is 0. The largest absolute Gasteiger partial charge is 0.444 e. The highest BCUT2D eigenvalue weighted by Gasteiger charge is 2.27. The predicted octanol–water partition coefficient (Wildman–Crippen LogP) is 4.59. The third-order valence-corrected chi connectivity index (χ3v) is 3.72. The van der Waals surface area contributed by atoms with Crippen LogP contribution in [-0.2, 0) is 4.74 Å². The number of ether oxygens (including phenoxy) is 1. The number of nitrogens with zero attached hydrogens (tertiary/aromatic N) is 1. The number of halogens is 2. The monoisotopic (exact) mass is 313 g/mol. The third-order valence-electron chi connectivity index (χ3n) is 3.50. The van der Waals surface area contributed by atoms with Gasteiger partial charge in [-0.2, -0.15) is 0 Å². The minimum atomic E-state index is -0.482. The van der Waals surface area contributed by atoms with Crippen molar-refractivity contribution in [2.24, 2.45) is 0 Å². The van der Waals surface area contributed by atoms with Crippen LogP contribution in [-0.4, -0.2) is 29.7 Å². The number of hydrogen-bond acceptors (Lipinski definition) is 2. The molecule has 0 aliphatic carbocycles. The molecule has 1 aromatic carbocycles. The fourth-order valence-corrected chi connectivity index (χ4v) is 2.76. The minimum absolute atomic E-state index is 0.233. The van der Waals surface area contributed by atoms with E-state index in [0.717, 1.165) is 18.4 Å². The molecule has 3 nitrogen and oxygen atoms in total. The van der Waals surface area contributed by atoms with Crippen LogP contribution in [0.2, 0.25) is 5.02 Å². The fraction of sp³-hybridized carbons (Fsp3) is 0.562. The van der Waals surface area contributed by atoms with Crippen molar-refractivity contribution in [3.63, 3.8) is 0 Å². The number of rotatable bonds is 1. The summed E-state index contributed by atoms with van der Waals surface area (Å²) in [7, 11) is 0. The van der Waals surface area contributed by atoms with Crippen molar-refractivity contribution in [2.75, 3.05) is 13.1 Å². The third kappa shape index (κ3) is 4.60. The van der Waals surface area contributed by atoms with Crippen molar-refractivity contribution in [1.82, 2.24) is 4.90 Å². The van der Waals surface area contributed by atoms with Crippen LogP contribution in [0.5, 0.6) is 0 Å². The molecule has 1 aliphatic heterocycles. The molecule has 0 unspecified atom stereocenters. The van der Waals surface area contributed by atoms with E-state index >= 15 is 0 Å². The molecule has 1 aliphatic rings. The zero-order valence-corrected chi connectivity index (χ0v) is 13.4. The number of piperidine rings is 1. The summed E-state index contributed by atoms with van der Waals surface area (Å²) in [5.74, 6) is -0.0797. The Bertz CT molecular complexity index is 499. The molecule has 0 N–H and O–H groups in total. The van der Waals surface area contributed by atoms with Gasteiger partial charge in [0.15, 0.2) is 0 Å². The van der Waals surface area contributed by atoms with Crippen molar-refractivity contribution >= 4 is 17.7 Å². The van der Waals surface area contributed by atoms with Crippen molar-refractivity contribution in [2.45, 2.75) is 45.1 Å². The SMILES string of the molecule is CC(C)(C)OC(=O)N1CCC(c2cc(F)cc(Cl)c2)CC1. The summed E-state index contributed by atoms with van der Waals surface area (Å²) in [6.07, 6.45) is 1.30. The van der Waals surface area contributed by atoms with E-state index in [0.29, 0.717) is 18.1 Å². The van der Waals surface area contributed by atoms with Crippen LogP contribution in [0.25, 0.3) is 0 Å². The normalized spacial score (nSPS) is 16.9. The Kier molecular flexibility index (Phi) is 4.77. The lowest BCUT2D eigenvalue weighted by Gasteiger charge is -2.33. The van der Waals surface area contributed by atoms with Gasteiger partial charge in [0.05, 0.1) is 0 Å². The van der Waals surface area contributed by atoms with Crippen molar-refractivity contribution in [3.8, 4) is 0 Å². The van der Waals surface area contributed by atoms with Crippen LogP contribution < -0.4 is 0 Å². The standard InChI is InChI=1S/C16H21ClFNO2/c1-16(2,3)21-15(20)19-6-4-11(5-7-19)12-8-13(17)10-14(18)9-12/h8-11H,4-7H2,1-3H3.